The van der Waals surface area contributed by atoms with Crippen LogP contribution in [-0.4, -0.2) is 29.1 Å². The summed E-state index contributed by atoms with van der Waals surface area (Å²) in [5, 5.41) is 10.9. The average Bonchev–Trinajstić information content (AvgIpc) is 2.99. The number of aliphatic hydroxyl groups excluding tert-OH is 1. The van der Waals surface area contributed by atoms with Crippen molar-refractivity contribution in [1.82, 2.24) is 4.90 Å². The Morgan fingerprint density at radius 1 is 1.28 bits per heavy atom. The minimum absolute atomic E-state index is 0.360. The molecule has 0 spiro atoms. The molecule has 0 radical (unpaired) electrons. The summed E-state index contributed by atoms with van der Waals surface area (Å²) in [6.45, 7) is 2.27. The molecular weight excluding hydrogens is 246 g/mol. The number of likely N-dealkylation sites (tertiary alicyclic amines) is 1. The predicted molar refractivity (Wildman–Crippen MR) is 73.7 cm³/mol. The SMILES string of the molecule is OC(CCN1CC2CCC1C2)c1ccc(Cl)cc1. The third kappa shape index (κ3) is 2.56. The van der Waals surface area contributed by atoms with Crippen molar-refractivity contribution in [3.05, 3.63) is 34.9 Å². The fraction of sp³-hybridized carbons (Fsp3) is 0.600. The minimum atomic E-state index is -0.360. The number of piperidine rings is 1. The van der Waals surface area contributed by atoms with E-state index in [1.54, 1.807) is 0 Å². The minimum Gasteiger partial charge on any atom is -0.388 e. The van der Waals surface area contributed by atoms with E-state index in [1.165, 1.54) is 25.8 Å². The number of benzene rings is 1. The Morgan fingerprint density at radius 3 is 2.67 bits per heavy atom. The van der Waals surface area contributed by atoms with Gasteiger partial charge in [-0.3, -0.25) is 4.90 Å². The van der Waals surface area contributed by atoms with Gasteiger partial charge in [-0.05, 0) is 49.3 Å². The van der Waals surface area contributed by atoms with Crippen LogP contribution in [0.2, 0.25) is 5.02 Å². The fourth-order valence-electron chi connectivity index (χ4n) is 3.44. The molecular formula is C15H20ClNO. The molecule has 3 heteroatoms. The maximum Gasteiger partial charge on any atom is 0.0802 e. The lowest BCUT2D eigenvalue weighted by atomic mass is 10.1. The highest BCUT2D eigenvalue weighted by molar-refractivity contribution is 6.30. The van der Waals surface area contributed by atoms with Gasteiger partial charge in [0, 0.05) is 24.2 Å². The topological polar surface area (TPSA) is 23.5 Å². The Labute approximate surface area is 114 Å². The summed E-state index contributed by atoms with van der Waals surface area (Å²) < 4.78 is 0. The van der Waals surface area contributed by atoms with Gasteiger partial charge < -0.3 is 5.11 Å². The first kappa shape index (κ1) is 12.5. The van der Waals surface area contributed by atoms with Crippen LogP contribution in [0, 0.1) is 5.92 Å². The summed E-state index contributed by atoms with van der Waals surface area (Å²) in [5.74, 6) is 0.933. The smallest absolute Gasteiger partial charge is 0.0802 e. The van der Waals surface area contributed by atoms with Gasteiger partial charge in [-0.1, -0.05) is 23.7 Å². The number of nitrogens with zero attached hydrogens (tertiary/aromatic N) is 1. The Morgan fingerprint density at radius 2 is 2.06 bits per heavy atom. The zero-order valence-electron chi connectivity index (χ0n) is 10.6. The highest BCUT2D eigenvalue weighted by atomic mass is 35.5. The van der Waals surface area contributed by atoms with Crippen LogP contribution in [-0.2, 0) is 0 Å². The number of halogens is 1. The fourth-order valence-corrected chi connectivity index (χ4v) is 3.57. The van der Waals surface area contributed by atoms with Gasteiger partial charge in [0.1, 0.15) is 0 Å². The standard InChI is InChI=1S/C15H20ClNO/c16-13-4-2-12(3-5-13)15(18)7-8-17-10-11-1-6-14(17)9-11/h2-5,11,14-15,18H,1,6-10H2. The van der Waals surface area contributed by atoms with Crippen molar-refractivity contribution in [3.8, 4) is 0 Å². The van der Waals surface area contributed by atoms with Gasteiger partial charge in [0.05, 0.1) is 6.10 Å². The summed E-state index contributed by atoms with van der Waals surface area (Å²) in [6, 6.07) is 8.33. The number of rotatable bonds is 4. The first-order valence-electron chi connectivity index (χ1n) is 6.90. The summed E-state index contributed by atoms with van der Waals surface area (Å²) in [6.07, 6.45) is 4.63. The zero-order valence-corrected chi connectivity index (χ0v) is 11.3. The van der Waals surface area contributed by atoms with E-state index in [4.69, 9.17) is 11.6 Å². The maximum absolute atomic E-state index is 10.2. The molecule has 0 amide bonds. The van der Waals surface area contributed by atoms with Gasteiger partial charge in [0.25, 0.3) is 0 Å². The van der Waals surface area contributed by atoms with E-state index in [0.29, 0.717) is 0 Å². The predicted octanol–water partition coefficient (Wildman–Crippen LogP) is 3.25. The third-order valence-electron chi connectivity index (χ3n) is 4.47. The van der Waals surface area contributed by atoms with E-state index < -0.39 is 0 Å². The summed E-state index contributed by atoms with van der Waals surface area (Å²) >= 11 is 5.85. The molecule has 1 aromatic carbocycles. The highest BCUT2D eigenvalue weighted by Crippen LogP contribution is 2.37. The molecule has 1 aliphatic heterocycles. The van der Waals surface area contributed by atoms with Crippen LogP contribution in [0.15, 0.2) is 24.3 Å². The average molecular weight is 266 g/mol. The number of aliphatic hydroxyl groups is 1. The lowest BCUT2D eigenvalue weighted by Gasteiger charge is -2.27. The number of hydrogen-bond donors (Lipinski definition) is 1. The van der Waals surface area contributed by atoms with Crippen molar-refractivity contribution >= 4 is 11.6 Å². The summed E-state index contributed by atoms with van der Waals surface area (Å²) in [4.78, 5) is 2.56. The Balaban J connectivity index is 1.52. The molecule has 2 aliphatic rings. The molecule has 3 atom stereocenters. The summed E-state index contributed by atoms with van der Waals surface area (Å²) in [7, 11) is 0. The van der Waals surface area contributed by atoms with Crippen molar-refractivity contribution in [2.75, 3.05) is 13.1 Å². The van der Waals surface area contributed by atoms with Crippen molar-refractivity contribution in [2.45, 2.75) is 37.8 Å². The first-order valence-corrected chi connectivity index (χ1v) is 7.28. The molecule has 2 nitrogen and oxygen atoms in total. The Bertz CT molecular complexity index is 405. The Hall–Kier alpha value is -0.570. The molecule has 1 aliphatic carbocycles. The van der Waals surface area contributed by atoms with Crippen molar-refractivity contribution < 1.29 is 5.11 Å². The van der Waals surface area contributed by atoms with Crippen LogP contribution in [0.5, 0.6) is 0 Å². The number of fused-ring (bicyclic) bond motifs is 2. The molecule has 3 rings (SSSR count). The van der Waals surface area contributed by atoms with E-state index in [9.17, 15) is 5.11 Å². The third-order valence-corrected chi connectivity index (χ3v) is 4.72. The number of hydrogen-bond acceptors (Lipinski definition) is 2. The van der Waals surface area contributed by atoms with Gasteiger partial charge in [-0.2, -0.15) is 0 Å². The van der Waals surface area contributed by atoms with Crippen LogP contribution < -0.4 is 0 Å². The van der Waals surface area contributed by atoms with Gasteiger partial charge >= 0.3 is 0 Å². The van der Waals surface area contributed by atoms with Crippen LogP contribution in [0.25, 0.3) is 0 Å². The molecule has 3 unspecified atom stereocenters. The van der Waals surface area contributed by atoms with Gasteiger partial charge in [-0.15, -0.1) is 0 Å². The van der Waals surface area contributed by atoms with E-state index >= 15 is 0 Å². The van der Waals surface area contributed by atoms with E-state index in [1.807, 2.05) is 24.3 Å². The maximum atomic E-state index is 10.2. The first-order chi connectivity index (χ1) is 8.72. The molecule has 2 fully saturated rings. The lowest BCUT2D eigenvalue weighted by molar-refractivity contribution is 0.129. The molecule has 18 heavy (non-hydrogen) atoms. The van der Waals surface area contributed by atoms with Gasteiger partial charge in [0.2, 0.25) is 0 Å². The quantitative estimate of drug-likeness (QED) is 0.903. The lowest BCUT2D eigenvalue weighted by Crippen LogP contribution is -2.33. The molecule has 98 valence electrons. The van der Waals surface area contributed by atoms with Crippen LogP contribution in [0.3, 0.4) is 0 Å². The van der Waals surface area contributed by atoms with E-state index in [0.717, 1.165) is 35.5 Å². The summed E-state index contributed by atoms with van der Waals surface area (Å²) in [5.41, 5.74) is 0.976. The normalized spacial score (nSPS) is 28.8. The van der Waals surface area contributed by atoms with E-state index in [2.05, 4.69) is 4.90 Å². The van der Waals surface area contributed by atoms with Crippen LogP contribution >= 0.6 is 11.6 Å². The van der Waals surface area contributed by atoms with Crippen molar-refractivity contribution in [2.24, 2.45) is 5.92 Å². The monoisotopic (exact) mass is 265 g/mol. The molecule has 0 aromatic heterocycles. The highest BCUT2D eigenvalue weighted by Gasteiger charge is 2.37. The van der Waals surface area contributed by atoms with Crippen LogP contribution in [0.4, 0.5) is 0 Å². The molecule has 1 heterocycles. The van der Waals surface area contributed by atoms with E-state index in [-0.39, 0.29) is 6.10 Å². The second-order valence-electron chi connectivity index (χ2n) is 5.68. The van der Waals surface area contributed by atoms with Gasteiger partial charge in [0.15, 0.2) is 0 Å². The van der Waals surface area contributed by atoms with Crippen molar-refractivity contribution in [3.63, 3.8) is 0 Å². The molecule has 1 saturated heterocycles. The van der Waals surface area contributed by atoms with Crippen molar-refractivity contribution in [1.29, 1.82) is 0 Å². The van der Waals surface area contributed by atoms with Crippen LogP contribution in [0.1, 0.15) is 37.4 Å². The molecule has 2 bridgehead atoms. The zero-order chi connectivity index (χ0) is 12.5. The molecule has 1 saturated carbocycles. The second-order valence-corrected chi connectivity index (χ2v) is 6.12. The second kappa shape index (κ2) is 5.20. The largest absolute Gasteiger partial charge is 0.388 e. The molecule has 1 aromatic rings. The molecule has 1 N–H and O–H groups in total. The van der Waals surface area contributed by atoms with Gasteiger partial charge in [-0.25, -0.2) is 0 Å². The Kier molecular flexibility index (Phi) is 3.60.